The van der Waals surface area contributed by atoms with Gasteiger partial charge in [0.1, 0.15) is 11.5 Å². The maximum atomic E-state index is 12.2. The lowest BCUT2D eigenvalue weighted by Gasteiger charge is -2.33. The summed E-state index contributed by atoms with van der Waals surface area (Å²) in [6.45, 7) is 4.90. The van der Waals surface area contributed by atoms with E-state index in [-0.39, 0.29) is 5.91 Å². The predicted molar refractivity (Wildman–Crippen MR) is 92.0 cm³/mol. The fourth-order valence-electron chi connectivity index (χ4n) is 2.81. The van der Waals surface area contributed by atoms with Crippen LogP contribution < -0.4 is 10.1 Å². The number of methoxy groups -OCH3 is 1. The Balaban J connectivity index is 1.41. The topological polar surface area (TPSA) is 58.0 Å². The minimum atomic E-state index is 0.0136. The summed E-state index contributed by atoms with van der Waals surface area (Å²) in [4.78, 5) is 16.7. The molecule has 6 nitrogen and oxygen atoms in total. The molecule has 0 spiro atoms. The molecule has 1 aromatic carbocycles. The first-order valence-corrected chi connectivity index (χ1v) is 8.14. The summed E-state index contributed by atoms with van der Waals surface area (Å²) >= 11 is 0. The molecule has 3 rings (SSSR count). The number of nitrogens with one attached hydrogen (secondary N) is 1. The lowest BCUT2D eigenvalue weighted by molar-refractivity contribution is -0.117. The number of rotatable bonds is 6. The number of hydrogen-bond acceptors (Lipinski definition) is 5. The summed E-state index contributed by atoms with van der Waals surface area (Å²) in [5.74, 6) is 1.78. The minimum absolute atomic E-state index is 0.0136. The maximum absolute atomic E-state index is 12.2. The molecule has 1 fully saturated rings. The van der Waals surface area contributed by atoms with Crippen molar-refractivity contribution in [2.24, 2.45) is 0 Å². The van der Waals surface area contributed by atoms with E-state index in [1.54, 1.807) is 13.4 Å². The van der Waals surface area contributed by atoms with E-state index in [1.165, 1.54) is 0 Å². The van der Waals surface area contributed by atoms with E-state index in [1.807, 2.05) is 36.4 Å². The first-order chi connectivity index (χ1) is 11.7. The molecule has 0 saturated carbocycles. The van der Waals surface area contributed by atoms with Crippen LogP contribution in [-0.4, -0.2) is 55.5 Å². The van der Waals surface area contributed by atoms with Crippen LogP contribution in [0.4, 0.5) is 5.69 Å². The monoisotopic (exact) mass is 329 g/mol. The van der Waals surface area contributed by atoms with Crippen LogP contribution in [0.15, 0.2) is 47.1 Å². The van der Waals surface area contributed by atoms with Crippen molar-refractivity contribution in [2.75, 3.05) is 45.2 Å². The molecule has 0 atom stereocenters. The first-order valence-electron chi connectivity index (χ1n) is 8.14. The highest BCUT2D eigenvalue weighted by molar-refractivity contribution is 5.92. The van der Waals surface area contributed by atoms with E-state index in [0.29, 0.717) is 6.54 Å². The van der Waals surface area contributed by atoms with E-state index in [4.69, 9.17) is 9.15 Å². The lowest BCUT2D eigenvalue weighted by atomic mass is 10.2. The molecule has 0 bridgehead atoms. The maximum Gasteiger partial charge on any atom is 0.238 e. The highest BCUT2D eigenvalue weighted by Crippen LogP contribution is 2.15. The van der Waals surface area contributed by atoms with Crippen LogP contribution in [0.3, 0.4) is 0 Å². The van der Waals surface area contributed by atoms with E-state index in [0.717, 1.165) is 49.9 Å². The average Bonchev–Trinajstić information content (AvgIpc) is 3.10. The lowest BCUT2D eigenvalue weighted by Crippen LogP contribution is -2.48. The van der Waals surface area contributed by atoms with E-state index < -0.39 is 0 Å². The van der Waals surface area contributed by atoms with E-state index in [2.05, 4.69) is 15.1 Å². The second kappa shape index (κ2) is 7.99. The van der Waals surface area contributed by atoms with Crippen LogP contribution in [-0.2, 0) is 11.3 Å². The van der Waals surface area contributed by atoms with E-state index >= 15 is 0 Å². The molecule has 2 aromatic rings. The molecule has 1 aliphatic heterocycles. The quantitative estimate of drug-likeness (QED) is 0.879. The molecule has 1 aromatic heterocycles. The minimum Gasteiger partial charge on any atom is -0.497 e. The van der Waals surface area contributed by atoms with Crippen LogP contribution in [0.25, 0.3) is 0 Å². The third-order valence-corrected chi connectivity index (χ3v) is 4.17. The zero-order chi connectivity index (χ0) is 16.8. The van der Waals surface area contributed by atoms with Crippen molar-refractivity contribution in [3.8, 4) is 5.75 Å². The molecule has 0 radical (unpaired) electrons. The molecule has 6 heteroatoms. The number of benzene rings is 1. The Morgan fingerprint density at radius 1 is 1.12 bits per heavy atom. The number of hydrogen-bond donors (Lipinski definition) is 1. The molecule has 1 N–H and O–H groups in total. The van der Waals surface area contributed by atoms with Gasteiger partial charge >= 0.3 is 0 Å². The van der Waals surface area contributed by atoms with Gasteiger partial charge in [-0.25, -0.2) is 0 Å². The van der Waals surface area contributed by atoms with Crippen LogP contribution in [0.2, 0.25) is 0 Å². The molecule has 128 valence electrons. The van der Waals surface area contributed by atoms with E-state index in [9.17, 15) is 4.79 Å². The van der Waals surface area contributed by atoms with Crippen LogP contribution in [0, 0.1) is 0 Å². The Hall–Kier alpha value is -2.31. The second-order valence-corrected chi connectivity index (χ2v) is 5.91. The van der Waals surface area contributed by atoms with Gasteiger partial charge in [0.15, 0.2) is 0 Å². The highest BCUT2D eigenvalue weighted by Gasteiger charge is 2.19. The van der Waals surface area contributed by atoms with Gasteiger partial charge in [-0.05, 0) is 36.4 Å². The number of nitrogens with zero attached hydrogens (tertiary/aromatic N) is 2. The first kappa shape index (κ1) is 16.5. The van der Waals surface area contributed by atoms with Crippen LogP contribution >= 0.6 is 0 Å². The highest BCUT2D eigenvalue weighted by atomic mass is 16.5. The number of furan rings is 1. The van der Waals surface area contributed by atoms with Crippen molar-refractivity contribution >= 4 is 11.6 Å². The van der Waals surface area contributed by atoms with Crippen LogP contribution in [0.5, 0.6) is 5.75 Å². The summed E-state index contributed by atoms with van der Waals surface area (Å²) < 4.78 is 10.5. The Labute approximate surface area is 142 Å². The fourth-order valence-corrected chi connectivity index (χ4v) is 2.81. The van der Waals surface area contributed by atoms with Crippen molar-refractivity contribution in [1.82, 2.24) is 9.80 Å². The van der Waals surface area contributed by atoms with Gasteiger partial charge in [-0.1, -0.05) is 0 Å². The predicted octanol–water partition coefficient (Wildman–Crippen LogP) is 2.04. The summed E-state index contributed by atoms with van der Waals surface area (Å²) in [7, 11) is 1.62. The molecule has 0 aliphatic carbocycles. The molecule has 24 heavy (non-hydrogen) atoms. The zero-order valence-electron chi connectivity index (χ0n) is 13.9. The summed E-state index contributed by atoms with van der Waals surface area (Å²) in [5.41, 5.74) is 0.789. The van der Waals surface area contributed by atoms with Gasteiger partial charge in [0.05, 0.1) is 26.5 Å². The Morgan fingerprint density at radius 2 is 1.83 bits per heavy atom. The molecule has 1 aliphatic rings. The standard InChI is InChI=1S/C18H23N3O3/c1-23-16-6-4-15(5-7-16)19-18(22)14-21-10-8-20(9-11-21)13-17-3-2-12-24-17/h2-7,12H,8-11,13-14H2,1H3,(H,19,22). The van der Waals surface area contributed by atoms with Crippen molar-refractivity contribution in [3.05, 3.63) is 48.4 Å². The number of carbonyl (C=O) groups excluding carboxylic acids is 1. The molecular weight excluding hydrogens is 306 g/mol. The molecule has 1 saturated heterocycles. The van der Waals surface area contributed by atoms with Gasteiger partial charge in [-0.2, -0.15) is 0 Å². The van der Waals surface area contributed by atoms with Crippen molar-refractivity contribution in [3.63, 3.8) is 0 Å². The average molecular weight is 329 g/mol. The number of carbonyl (C=O) groups is 1. The van der Waals surface area contributed by atoms with Gasteiger partial charge in [-0.3, -0.25) is 14.6 Å². The van der Waals surface area contributed by atoms with Gasteiger partial charge in [-0.15, -0.1) is 0 Å². The Morgan fingerprint density at radius 3 is 2.46 bits per heavy atom. The van der Waals surface area contributed by atoms with Gasteiger partial charge < -0.3 is 14.5 Å². The third kappa shape index (κ3) is 4.59. The van der Waals surface area contributed by atoms with Gasteiger partial charge in [0.25, 0.3) is 0 Å². The summed E-state index contributed by atoms with van der Waals surface area (Å²) in [5, 5.41) is 2.92. The molecular formula is C18H23N3O3. The Kier molecular flexibility index (Phi) is 5.51. The fraction of sp³-hybridized carbons (Fsp3) is 0.389. The molecule has 2 heterocycles. The third-order valence-electron chi connectivity index (χ3n) is 4.17. The van der Waals surface area contributed by atoms with Crippen LogP contribution in [0.1, 0.15) is 5.76 Å². The zero-order valence-corrected chi connectivity index (χ0v) is 13.9. The smallest absolute Gasteiger partial charge is 0.238 e. The summed E-state index contributed by atoms with van der Waals surface area (Å²) in [6, 6.07) is 11.3. The number of ether oxygens (including phenoxy) is 1. The number of piperazine rings is 1. The normalized spacial score (nSPS) is 16.0. The number of amides is 1. The SMILES string of the molecule is COc1ccc(NC(=O)CN2CCN(Cc3ccco3)CC2)cc1. The van der Waals surface area contributed by atoms with Crippen molar-refractivity contribution in [2.45, 2.75) is 6.54 Å². The molecule has 0 unspecified atom stereocenters. The second-order valence-electron chi connectivity index (χ2n) is 5.91. The molecule has 1 amide bonds. The largest absolute Gasteiger partial charge is 0.497 e. The van der Waals surface area contributed by atoms with Gasteiger partial charge in [0, 0.05) is 31.9 Å². The van der Waals surface area contributed by atoms with Crippen molar-refractivity contribution in [1.29, 1.82) is 0 Å². The summed E-state index contributed by atoms with van der Waals surface area (Å²) in [6.07, 6.45) is 1.70. The van der Waals surface area contributed by atoms with Gasteiger partial charge in [0.2, 0.25) is 5.91 Å². The Bertz CT molecular complexity index is 632. The number of anilines is 1. The van der Waals surface area contributed by atoms with Crippen molar-refractivity contribution < 1.29 is 13.9 Å².